The van der Waals surface area contributed by atoms with Gasteiger partial charge in [-0.05, 0) is 31.4 Å². The molecule has 0 aliphatic carbocycles. The van der Waals surface area contributed by atoms with Crippen LogP contribution < -0.4 is 5.32 Å². The lowest BCUT2D eigenvalue weighted by atomic mass is 10.1. The summed E-state index contributed by atoms with van der Waals surface area (Å²) in [5.74, 6) is -1.31. The summed E-state index contributed by atoms with van der Waals surface area (Å²) < 4.78 is 38.2. The number of nitrogens with one attached hydrogen (secondary N) is 1. The summed E-state index contributed by atoms with van der Waals surface area (Å²) in [7, 11) is 0. The van der Waals surface area contributed by atoms with Crippen molar-refractivity contribution < 1.29 is 23.1 Å². The molecule has 2 N–H and O–H groups in total. The lowest BCUT2D eigenvalue weighted by Crippen LogP contribution is -2.11. The predicted octanol–water partition coefficient (Wildman–Crippen LogP) is 3.97. The SMILES string of the molecule is CSc1nc(C)c(C(=O)O)c(Nc2cccc(C(F)(F)F)c2)n1. The number of carbonyl (C=O) groups is 1. The lowest BCUT2D eigenvalue weighted by molar-refractivity contribution is -0.137. The van der Waals surface area contributed by atoms with Crippen LogP contribution in [0.2, 0.25) is 0 Å². The summed E-state index contributed by atoms with van der Waals surface area (Å²) in [6.07, 6.45) is -2.78. The molecule has 122 valence electrons. The molecule has 1 heterocycles. The van der Waals surface area contributed by atoms with Gasteiger partial charge in [0.1, 0.15) is 11.4 Å². The minimum absolute atomic E-state index is 0.0475. The molecule has 2 aromatic rings. The van der Waals surface area contributed by atoms with Gasteiger partial charge in [-0.2, -0.15) is 13.2 Å². The van der Waals surface area contributed by atoms with E-state index in [1.54, 1.807) is 6.26 Å². The van der Waals surface area contributed by atoms with Crippen molar-refractivity contribution in [1.82, 2.24) is 9.97 Å². The number of carboxylic acid groups (broad SMARTS) is 1. The van der Waals surface area contributed by atoms with E-state index >= 15 is 0 Å². The van der Waals surface area contributed by atoms with Gasteiger partial charge in [0.15, 0.2) is 5.16 Å². The van der Waals surface area contributed by atoms with E-state index in [1.807, 2.05) is 0 Å². The van der Waals surface area contributed by atoms with Gasteiger partial charge in [-0.3, -0.25) is 0 Å². The number of benzene rings is 1. The maximum Gasteiger partial charge on any atom is 0.416 e. The third kappa shape index (κ3) is 3.92. The first-order valence-electron chi connectivity index (χ1n) is 6.32. The Hall–Kier alpha value is -2.29. The fraction of sp³-hybridized carbons (Fsp3) is 0.214. The highest BCUT2D eigenvalue weighted by molar-refractivity contribution is 7.98. The van der Waals surface area contributed by atoms with Crippen molar-refractivity contribution in [1.29, 1.82) is 0 Å². The number of rotatable bonds is 4. The highest BCUT2D eigenvalue weighted by Gasteiger charge is 2.30. The van der Waals surface area contributed by atoms with Gasteiger partial charge in [0.2, 0.25) is 0 Å². The van der Waals surface area contributed by atoms with Gasteiger partial charge in [-0.25, -0.2) is 14.8 Å². The van der Waals surface area contributed by atoms with Crippen molar-refractivity contribution in [2.24, 2.45) is 0 Å². The van der Waals surface area contributed by atoms with E-state index in [1.165, 1.54) is 30.8 Å². The van der Waals surface area contributed by atoms with Crippen molar-refractivity contribution in [2.45, 2.75) is 18.3 Å². The monoisotopic (exact) mass is 343 g/mol. The largest absolute Gasteiger partial charge is 0.477 e. The van der Waals surface area contributed by atoms with Gasteiger partial charge in [0.25, 0.3) is 0 Å². The molecule has 0 aliphatic heterocycles. The fourth-order valence-electron chi connectivity index (χ4n) is 1.90. The molecule has 1 aromatic carbocycles. The molecular weight excluding hydrogens is 331 g/mol. The number of thioether (sulfide) groups is 1. The van der Waals surface area contributed by atoms with Crippen LogP contribution in [0, 0.1) is 6.92 Å². The molecular formula is C14H12F3N3O2S. The van der Waals surface area contributed by atoms with E-state index in [0.717, 1.165) is 12.1 Å². The second-order valence-corrected chi connectivity index (χ2v) is 5.30. The topological polar surface area (TPSA) is 75.1 Å². The number of carboxylic acids is 1. The lowest BCUT2D eigenvalue weighted by Gasteiger charge is -2.13. The van der Waals surface area contributed by atoms with E-state index < -0.39 is 17.7 Å². The molecule has 0 saturated carbocycles. The molecule has 2 rings (SSSR count). The predicted molar refractivity (Wildman–Crippen MR) is 80.2 cm³/mol. The Morgan fingerprint density at radius 1 is 1.30 bits per heavy atom. The Bertz CT molecular complexity index is 751. The van der Waals surface area contributed by atoms with E-state index in [4.69, 9.17) is 0 Å². The molecule has 0 saturated heterocycles. The summed E-state index contributed by atoms with van der Waals surface area (Å²) in [4.78, 5) is 19.4. The second-order valence-electron chi connectivity index (χ2n) is 4.53. The van der Waals surface area contributed by atoms with Crippen LogP contribution in [0.1, 0.15) is 21.6 Å². The first-order valence-corrected chi connectivity index (χ1v) is 7.55. The van der Waals surface area contributed by atoms with Crippen molar-refractivity contribution >= 4 is 29.2 Å². The molecule has 0 fully saturated rings. The standard InChI is InChI=1S/C14H12F3N3O2S/c1-7-10(12(21)22)11(20-13(18-7)23-2)19-9-5-3-4-8(6-9)14(15,16)17/h3-6H,1-2H3,(H,21,22)(H,18,19,20). The van der Waals surface area contributed by atoms with Crippen molar-refractivity contribution in [2.75, 3.05) is 11.6 Å². The molecule has 0 atom stereocenters. The third-order valence-corrected chi connectivity index (χ3v) is 3.47. The molecule has 1 aromatic heterocycles. The highest BCUT2D eigenvalue weighted by Crippen LogP contribution is 2.32. The van der Waals surface area contributed by atoms with Crippen LogP contribution >= 0.6 is 11.8 Å². The maximum absolute atomic E-state index is 12.7. The quantitative estimate of drug-likeness (QED) is 0.646. The number of hydrogen-bond acceptors (Lipinski definition) is 5. The normalized spacial score (nSPS) is 11.3. The molecule has 0 spiro atoms. The highest BCUT2D eigenvalue weighted by atomic mass is 32.2. The summed E-state index contributed by atoms with van der Waals surface area (Å²) in [5.41, 5.74) is -0.700. The van der Waals surface area contributed by atoms with Crippen LogP contribution in [0.3, 0.4) is 0 Å². The molecule has 9 heteroatoms. The zero-order valence-corrected chi connectivity index (χ0v) is 12.9. The van der Waals surface area contributed by atoms with Crippen LogP contribution in [0.25, 0.3) is 0 Å². The van der Waals surface area contributed by atoms with Crippen molar-refractivity contribution in [3.63, 3.8) is 0 Å². The van der Waals surface area contributed by atoms with Crippen molar-refractivity contribution in [3.05, 3.63) is 41.1 Å². The number of alkyl halides is 3. The van der Waals surface area contributed by atoms with Crippen LogP contribution in [0.4, 0.5) is 24.7 Å². The second kappa shape index (κ2) is 6.45. The van der Waals surface area contributed by atoms with Crippen LogP contribution in [0.5, 0.6) is 0 Å². The third-order valence-electron chi connectivity index (χ3n) is 2.92. The molecule has 0 aliphatic rings. The van der Waals surface area contributed by atoms with Crippen LogP contribution in [0.15, 0.2) is 29.4 Å². The Morgan fingerprint density at radius 3 is 2.57 bits per heavy atom. The zero-order valence-electron chi connectivity index (χ0n) is 12.1. The smallest absolute Gasteiger partial charge is 0.416 e. The molecule has 0 radical (unpaired) electrons. The summed E-state index contributed by atoms with van der Waals surface area (Å²) in [6.45, 7) is 1.50. The minimum atomic E-state index is -4.49. The first-order chi connectivity index (χ1) is 10.7. The summed E-state index contributed by atoms with van der Waals surface area (Å²) in [5, 5.41) is 12.2. The maximum atomic E-state index is 12.7. The van der Waals surface area contributed by atoms with E-state index in [9.17, 15) is 23.1 Å². The number of anilines is 2. The number of aryl methyl sites for hydroxylation is 1. The molecule has 0 unspecified atom stereocenters. The Balaban J connectivity index is 2.47. The van der Waals surface area contributed by atoms with E-state index in [0.29, 0.717) is 5.16 Å². The minimum Gasteiger partial charge on any atom is -0.477 e. The molecule has 0 bridgehead atoms. The molecule has 23 heavy (non-hydrogen) atoms. The van der Waals surface area contributed by atoms with Gasteiger partial charge in [-0.15, -0.1) is 0 Å². The number of aromatic carboxylic acids is 1. The number of nitrogens with zero attached hydrogens (tertiary/aromatic N) is 2. The summed E-state index contributed by atoms with van der Waals surface area (Å²) >= 11 is 1.20. The fourth-order valence-corrected chi connectivity index (χ4v) is 2.31. The first kappa shape index (κ1) is 17.1. The average Bonchev–Trinajstić information content (AvgIpc) is 2.45. The van der Waals surface area contributed by atoms with Crippen LogP contribution in [-0.2, 0) is 6.18 Å². The van der Waals surface area contributed by atoms with Gasteiger partial charge >= 0.3 is 12.1 Å². The molecule has 0 amide bonds. The Labute approximate surface area is 134 Å². The molecule has 5 nitrogen and oxygen atoms in total. The van der Waals surface area contributed by atoms with Gasteiger partial charge in [-0.1, -0.05) is 17.8 Å². The van der Waals surface area contributed by atoms with Gasteiger partial charge < -0.3 is 10.4 Å². The van der Waals surface area contributed by atoms with Crippen LogP contribution in [-0.4, -0.2) is 27.3 Å². The zero-order chi connectivity index (χ0) is 17.2. The Kier molecular flexibility index (Phi) is 4.79. The number of hydrogen-bond donors (Lipinski definition) is 2. The average molecular weight is 343 g/mol. The summed E-state index contributed by atoms with van der Waals surface area (Å²) in [6, 6.07) is 4.45. The number of halogens is 3. The Morgan fingerprint density at radius 2 is 2.00 bits per heavy atom. The van der Waals surface area contributed by atoms with Crippen molar-refractivity contribution in [3.8, 4) is 0 Å². The van der Waals surface area contributed by atoms with E-state index in [2.05, 4.69) is 15.3 Å². The van der Waals surface area contributed by atoms with Gasteiger partial charge in [0, 0.05) is 5.69 Å². The number of aromatic nitrogens is 2. The van der Waals surface area contributed by atoms with E-state index in [-0.39, 0.29) is 22.8 Å². The van der Waals surface area contributed by atoms with Gasteiger partial charge in [0.05, 0.1) is 11.3 Å².